The van der Waals surface area contributed by atoms with Crippen molar-refractivity contribution < 1.29 is 4.39 Å². The van der Waals surface area contributed by atoms with E-state index in [9.17, 15) is 4.39 Å². The standard InChI is InChI=1S/C14H24FN3/c1-14(11-16,17-7-8-18(2)3)10-12-5-4-6-13(15)9-12/h4-6,9,17H,7-8,10-11,16H2,1-3H3. The van der Waals surface area contributed by atoms with E-state index in [0.29, 0.717) is 6.54 Å². The van der Waals surface area contributed by atoms with Crippen LogP contribution in [0.5, 0.6) is 0 Å². The molecule has 0 aliphatic heterocycles. The van der Waals surface area contributed by atoms with Gasteiger partial charge in [-0.05, 0) is 45.1 Å². The molecular formula is C14H24FN3. The Morgan fingerprint density at radius 2 is 2.11 bits per heavy atom. The van der Waals surface area contributed by atoms with Gasteiger partial charge < -0.3 is 16.0 Å². The lowest BCUT2D eigenvalue weighted by molar-refractivity contribution is 0.323. The van der Waals surface area contributed by atoms with Gasteiger partial charge in [-0.15, -0.1) is 0 Å². The Morgan fingerprint density at radius 3 is 2.67 bits per heavy atom. The van der Waals surface area contributed by atoms with Crippen LogP contribution in [0.25, 0.3) is 0 Å². The zero-order valence-corrected chi connectivity index (χ0v) is 11.5. The first-order valence-electron chi connectivity index (χ1n) is 6.29. The van der Waals surface area contributed by atoms with Crippen LogP contribution in [-0.2, 0) is 6.42 Å². The number of nitrogens with one attached hydrogen (secondary N) is 1. The average molecular weight is 253 g/mol. The number of benzene rings is 1. The lowest BCUT2D eigenvalue weighted by Crippen LogP contribution is -2.52. The Labute approximate surface area is 109 Å². The third kappa shape index (κ3) is 5.12. The summed E-state index contributed by atoms with van der Waals surface area (Å²) in [5.74, 6) is -0.194. The van der Waals surface area contributed by atoms with Crippen LogP contribution in [-0.4, -0.2) is 44.2 Å². The molecule has 3 nitrogen and oxygen atoms in total. The summed E-state index contributed by atoms with van der Waals surface area (Å²) in [6.07, 6.45) is 0.731. The highest BCUT2D eigenvalue weighted by Crippen LogP contribution is 2.13. The fourth-order valence-electron chi connectivity index (χ4n) is 1.89. The van der Waals surface area contributed by atoms with Gasteiger partial charge in [-0.25, -0.2) is 4.39 Å². The minimum atomic E-state index is -0.194. The maximum atomic E-state index is 13.1. The van der Waals surface area contributed by atoms with E-state index in [1.807, 2.05) is 20.2 Å². The highest BCUT2D eigenvalue weighted by Gasteiger charge is 2.22. The zero-order chi connectivity index (χ0) is 13.6. The second-order valence-corrected chi connectivity index (χ2v) is 5.30. The monoisotopic (exact) mass is 253 g/mol. The van der Waals surface area contributed by atoms with Crippen molar-refractivity contribution in [3.8, 4) is 0 Å². The summed E-state index contributed by atoms with van der Waals surface area (Å²) >= 11 is 0. The van der Waals surface area contributed by atoms with Gasteiger partial charge in [0.25, 0.3) is 0 Å². The lowest BCUT2D eigenvalue weighted by Gasteiger charge is -2.30. The number of nitrogens with two attached hydrogens (primary N) is 1. The second kappa shape index (κ2) is 6.83. The van der Waals surface area contributed by atoms with Crippen LogP contribution in [0.3, 0.4) is 0 Å². The highest BCUT2D eigenvalue weighted by molar-refractivity contribution is 5.19. The lowest BCUT2D eigenvalue weighted by atomic mass is 9.93. The molecule has 0 radical (unpaired) electrons. The molecule has 0 aliphatic carbocycles. The molecule has 0 fully saturated rings. The van der Waals surface area contributed by atoms with Crippen molar-refractivity contribution in [2.24, 2.45) is 5.73 Å². The molecule has 0 spiro atoms. The van der Waals surface area contributed by atoms with Gasteiger partial charge in [-0.2, -0.15) is 0 Å². The number of nitrogens with zero attached hydrogens (tertiary/aromatic N) is 1. The van der Waals surface area contributed by atoms with Crippen LogP contribution in [0.1, 0.15) is 12.5 Å². The second-order valence-electron chi connectivity index (χ2n) is 5.30. The van der Waals surface area contributed by atoms with Gasteiger partial charge in [-0.1, -0.05) is 12.1 Å². The normalized spacial score (nSPS) is 14.8. The third-order valence-corrected chi connectivity index (χ3v) is 3.04. The Morgan fingerprint density at radius 1 is 1.39 bits per heavy atom. The molecule has 0 saturated carbocycles. The molecular weight excluding hydrogens is 229 g/mol. The van der Waals surface area contributed by atoms with Crippen LogP contribution < -0.4 is 11.1 Å². The van der Waals surface area contributed by atoms with Gasteiger partial charge in [0.2, 0.25) is 0 Å². The van der Waals surface area contributed by atoms with Crippen LogP contribution in [0.2, 0.25) is 0 Å². The predicted molar refractivity (Wildman–Crippen MR) is 74.1 cm³/mol. The Balaban J connectivity index is 2.58. The molecule has 1 unspecified atom stereocenters. The van der Waals surface area contributed by atoms with Crippen LogP contribution in [0.15, 0.2) is 24.3 Å². The van der Waals surface area contributed by atoms with Gasteiger partial charge in [0.1, 0.15) is 5.82 Å². The van der Waals surface area contributed by atoms with Crippen LogP contribution in [0.4, 0.5) is 4.39 Å². The summed E-state index contributed by atoms with van der Waals surface area (Å²) in [7, 11) is 4.07. The van der Waals surface area contributed by atoms with Crippen molar-refractivity contribution in [1.29, 1.82) is 0 Å². The quantitative estimate of drug-likeness (QED) is 0.768. The molecule has 0 amide bonds. The minimum absolute atomic E-state index is 0.191. The highest BCUT2D eigenvalue weighted by atomic mass is 19.1. The number of hydrogen-bond acceptors (Lipinski definition) is 3. The number of hydrogen-bond donors (Lipinski definition) is 2. The largest absolute Gasteiger partial charge is 0.329 e. The van der Waals surface area contributed by atoms with Gasteiger partial charge >= 0.3 is 0 Å². The summed E-state index contributed by atoms with van der Waals surface area (Å²) in [5.41, 5.74) is 6.62. The smallest absolute Gasteiger partial charge is 0.123 e. The van der Waals surface area contributed by atoms with Gasteiger partial charge in [-0.3, -0.25) is 0 Å². The van der Waals surface area contributed by atoms with E-state index in [0.717, 1.165) is 25.1 Å². The van der Waals surface area contributed by atoms with Crippen molar-refractivity contribution in [2.75, 3.05) is 33.7 Å². The predicted octanol–water partition coefficient (Wildman–Crippen LogP) is 1.24. The van der Waals surface area contributed by atoms with E-state index in [-0.39, 0.29) is 11.4 Å². The summed E-state index contributed by atoms with van der Waals surface area (Å²) < 4.78 is 13.1. The van der Waals surface area contributed by atoms with E-state index in [1.165, 1.54) is 6.07 Å². The van der Waals surface area contributed by atoms with Gasteiger partial charge in [0.15, 0.2) is 0 Å². The molecule has 0 heterocycles. The van der Waals surface area contributed by atoms with E-state index in [4.69, 9.17) is 5.73 Å². The average Bonchev–Trinajstić information content (AvgIpc) is 2.28. The first-order chi connectivity index (χ1) is 8.45. The molecule has 0 saturated heterocycles. The van der Waals surface area contributed by atoms with Crippen molar-refractivity contribution in [1.82, 2.24) is 10.2 Å². The Hall–Kier alpha value is -0.970. The molecule has 1 rings (SSSR count). The van der Waals surface area contributed by atoms with Crippen molar-refractivity contribution in [3.05, 3.63) is 35.6 Å². The van der Waals surface area contributed by atoms with E-state index >= 15 is 0 Å². The Bertz CT molecular complexity index is 368. The summed E-state index contributed by atoms with van der Waals surface area (Å²) in [5, 5.41) is 3.46. The van der Waals surface area contributed by atoms with E-state index in [1.54, 1.807) is 12.1 Å². The van der Waals surface area contributed by atoms with Crippen molar-refractivity contribution in [3.63, 3.8) is 0 Å². The molecule has 3 N–H and O–H groups in total. The minimum Gasteiger partial charge on any atom is -0.329 e. The third-order valence-electron chi connectivity index (χ3n) is 3.04. The van der Waals surface area contributed by atoms with Crippen LogP contribution in [0, 0.1) is 5.82 Å². The van der Waals surface area contributed by atoms with E-state index < -0.39 is 0 Å². The number of rotatable bonds is 7. The maximum absolute atomic E-state index is 13.1. The van der Waals surface area contributed by atoms with Crippen molar-refractivity contribution in [2.45, 2.75) is 18.9 Å². The summed E-state index contributed by atoms with van der Waals surface area (Å²) in [6, 6.07) is 6.70. The van der Waals surface area contributed by atoms with E-state index in [2.05, 4.69) is 17.1 Å². The summed E-state index contributed by atoms with van der Waals surface area (Å²) in [4.78, 5) is 2.12. The molecule has 1 atom stereocenters. The molecule has 0 bridgehead atoms. The fraction of sp³-hybridized carbons (Fsp3) is 0.571. The topological polar surface area (TPSA) is 41.3 Å². The fourth-order valence-corrected chi connectivity index (χ4v) is 1.89. The molecule has 18 heavy (non-hydrogen) atoms. The number of halogens is 1. The SMILES string of the molecule is CN(C)CCNC(C)(CN)Cc1cccc(F)c1. The molecule has 4 heteroatoms. The molecule has 1 aromatic carbocycles. The van der Waals surface area contributed by atoms with Crippen molar-refractivity contribution >= 4 is 0 Å². The molecule has 0 aromatic heterocycles. The first-order valence-corrected chi connectivity index (χ1v) is 6.29. The van der Waals surface area contributed by atoms with Crippen LogP contribution >= 0.6 is 0 Å². The molecule has 102 valence electrons. The summed E-state index contributed by atoms with van der Waals surface area (Å²) in [6.45, 7) is 4.43. The Kier molecular flexibility index (Phi) is 5.72. The van der Waals surface area contributed by atoms with Gasteiger partial charge in [0.05, 0.1) is 0 Å². The molecule has 0 aliphatic rings. The molecule has 1 aromatic rings. The zero-order valence-electron chi connectivity index (χ0n) is 11.5. The van der Waals surface area contributed by atoms with Gasteiger partial charge in [0, 0.05) is 25.2 Å². The maximum Gasteiger partial charge on any atom is 0.123 e. The number of likely N-dealkylation sites (N-methyl/N-ethyl adjacent to an activating group) is 1. The first kappa shape index (κ1) is 15.1.